The van der Waals surface area contributed by atoms with Crippen molar-refractivity contribution in [3.63, 3.8) is 0 Å². The van der Waals surface area contributed by atoms with E-state index in [2.05, 4.69) is 29.6 Å². The number of nitrogens with zero attached hydrogens (tertiary/aromatic N) is 1. The lowest BCUT2D eigenvalue weighted by Gasteiger charge is -2.33. The minimum Gasteiger partial charge on any atom is -0.480 e. The number of amides is 2. The fourth-order valence-electron chi connectivity index (χ4n) is 5.05. The molecule has 0 radical (unpaired) electrons. The van der Waals surface area contributed by atoms with Gasteiger partial charge in [0, 0.05) is 23.7 Å². The summed E-state index contributed by atoms with van der Waals surface area (Å²) in [7, 11) is 0. The van der Waals surface area contributed by atoms with Gasteiger partial charge in [0.05, 0.1) is 0 Å². The quantitative estimate of drug-likeness (QED) is 0.539. The molecule has 3 aromatic rings. The molecule has 0 bridgehead atoms. The second-order valence-corrected chi connectivity index (χ2v) is 8.88. The third kappa shape index (κ3) is 4.49. The van der Waals surface area contributed by atoms with Crippen LogP contribution in [0.15, 0.2) is 72.8 Å². The number of likely N-dealkylation sites (tertiary alicyclic amines) is 1. The van der Waals surface area contributed by atoms with Gasteiger partial charge in [0.1, 0.15) is 12.6 Å². The first-order chi connectivity index (χ1) is 17.0. The summed E-state index contributed by atoms with van der Waals surface area (Å²) in [5.41, 5.74) is 5.49. The highest BCUT2D eigenvalue weighted by Gasteiger charge is 2.32. The van der Waals surface area contributed by atoms with Crippen LogP contribution in [0.3, 0.4) is 0 Å². The lowest BCUT2D eigenvalue weighted by Crippen LogP contribution is -2.47. The molecule has 0 spiro atoms. The number of carbonyl (C=O) groups excluding carboxylic acids is 2. The molecule has 0 aromatic heterocycles. The van der Waals surface area contributed by atoms with Gasteiger partial charge in [-0.05, 0) is 65.8 Å². The predicted molar refractivity (Wildman–Crippen MR) is 131 cm³/mol. The Hall–Kier alpha value is -4.13. The molecule has 1 fully saturated rings. The smallest absolute Gasteiger partial charge is 0.411 e. The van der Waals surface area contributed by atoms with Gasteiger partial charge in [-0.25, -0.2) is 9.59 Å². The van der Waals surface area contributed by atoms with E-state index in [9.17, 15) is 19.5 Å². The van der Waals surface area contributed by atoms with Crippen LogP contribution >= 0.6 is 0 Å². The Kier molecular flexibility index (Phi) is 6.23. The first-order valence-corrected chi connectivity index (χ1v) is 11.8. The molecule has 178 valence electrons. The molecule has 7 heteroatoms. The van der Waals surface area contributed by atoms with Gasteiger partial charge in [0.15, 0.2) is 0 Å². The lowest BCUT2D eigenvalue weighted by molar-refractivity contribution is -0.143. The number of rotatable bonds is 5. The van der Waals surface area contributed by atoms with Crippen LogP contribution in [-0.4, -0.2) is 47.2 Å². The van der Waals surface area contributed by atoms with E-state index in [0.717, 1.165) is 35.1 Å². The minimum absolute atomic E-state index is 0.0279. The number of benzene rings is 3. The SMILES string of the molecule is O=C(Nc1ccc(C(=O)N2CCCC[C@@H]2C(=O)O)cc1)OCC1c2ccccc2-c2ccccc21. The van der Waals surface area contributed by atoms with Crippen molar-refractivity contribution in [2.24, 2.45) is 0 Å². The number of fused-ring (bicyclic) bond motifs is 3. The summed E-state index contributed by atoms with van der Waals surface area (Å²) in [5.74, 6) is -1.32. The summed E-state index contributed by atoms with van der Waals surface area (Å²) in [5, 5.41) is 12.1. The number of carboxylic acids is 1. The van der Waals surface area contributed by atoms with Crippen molar-refractivity contribution in [3.8, 4) is 11.1 Å². The van der Waals surface area contributed by atoms with Crippen molar-refractivity contribution in [1.29, 1.82) is 0 Å². The molecular weight excluding hydrogens is 444 g/mol. The van der Waals surface area contributed by atoms with E-state index >= 15 is 0 Å². The maximum atomic E-state index is 12.8. The largest absolute Gasteiger partial charge is 0.480 e. The van der Waals surface area contributed by atoms with Crippen LogP contribution in [0.2, 0.25) is 0 Å². The molecule has 0 saturated carbocycles. The van der Waals surface area contributed by atoms with Crippen molar-refractivity contribution in [1.82, 2.24) is 4.90 Å². The Balaban J connectivity index is 1.21. The van der Waals surface area contributed by atoms with Crippen LogP contribution in [0, 0.1) is 0 Å². The Morgan fingerprint density at radius 3 is 2.14 bits per heavy atom. The number of carbonyl (C=O) groups is 3. The highest BCUT2D eigenvalue weighted by Crippen LogP contribution is 2.44. The highest BCUT2D eigenvalue weighted by molar-refractivity contribution is 5.97. The van der Waals surface area contributed by atoms with E-state index in [1.165, 1.54) is 4.90 Å². The molecule has 0 unspecified atom stereocenters. The first kappa shape index (κ1) is 22.7. The van der Waals surface area contributed by atoms with Crippen molar-refractivity contribution >= 4 is 23.7 Å². The maximum absolute atomic E-state index is 12.8. The summed E-state index contributed by atoms with van der Waals surface area (Å²) < 4.78 is 5.57. The van der Waals surface area contributed by atoms with E-state index in [4.69, 9.17) is 4.74 Å². The van der Waals surface area contributed by atoms with E-state index in [1.807, 2.05) is 24.3 Å². The monoisotopic (exact) mass is 470 g/mol. The summed E-state index contributed by atoms with van der Waals surface area (Å²) >= 11 is 0. The van der Waals surface area contributed by atoms with Crippen LogP contribution in [-0.2, 0) is 9.53 Å². The topological polar surface area (TPSA) is 95.9 Å². The van der Waals surface area contributed by atoms with Crippen LogP contribution < -0.4 is 5.32 Å². The number of ether oxygens (including phenoxy) is 1. The third-order valence-corrected chi connectivity index (χ3v) is 6.77. The Labute approximate surface area is 203 Å². The van der Waals surface area contributed by atoms with Gasteiger partial charge >= 0.3 is 12.1 Å². The Bertz CT molecular complexity index is 1220. The molecule has 1 aliphatic heterocycles. The Morgan fingerprint density at radius 2 is 1.51 bits per heavy atom. The number of hydrogen-bond acceptors (Lipinski definition) is 4. The van der Waals surface area contributed by atoms with Crippen molar-refractivity contribution < 1.29 is 24.2 Å². The molecular formula is C28H26N2O5. The molecule has 1 atom stereocenters. The normalized spacial score (nSPS) is 16.8. The lowest BCUT2D eigenvalue weighted by atomic mass is 9.98. The zero-order valence-corrected chi connectivity index (χ0v) is 19.1. The molecule has 1 aliphatic carbocycles. The molecule has 2 N–H and O–H groups in total. The molecule has 2 aliphatic rings. The predicted octanol–water partition coefficient (Wildman–Crippen LogP) is 5.13. The number of hydrogen-bond donors (Lipinski definition) is 2. The maximum Gasteiger partial charge on any atom is 0.411 e. The summed E-state index contributed by atoms with van der Waals surface area (Å²) in [4.78, 5) is 38.3. The molecule has 1 heterocycles. The average Bonchev–Trinajstić information content (AvgIpc) is 3.21. The fraction of sp³-hybridized carbons (Fsp3) is 0.250. The van der Waals surface area contributed by atoms with Gasteiger partial charge in [-0.1, -0.05) is 48.5 Å². The Morgan fingerprint density at radius 1 is 0.886 bits per heavy atom. The summed E-state index contributed by atoms with van der Waals surface area (Å²) in [6.07, 6.45) is 1.47. The van der Waals surface area contributed by atoms with Gasteiger partial charge in [-0.15, -0.1) is 0 Å². The van der Waals surface area contributed by atoms with Gasteiger partial charge in [0.25, 0.3) is 5.91 Å². The number of nitrogens with one attached hydrogen (secondary N) is 1. The molecule has 7 nitrogen and oxygen atoms in total. The van der Waals surface area contributed by atoms with Gasteiger partial charge < -0.3 is 14.7 Å². The molecule has 3 aromatic carbocycles. The van der Waals surface area contributed by atoms with E-state index in [1.54, 1.807) is 24.3 Å². The van der Waals surface area contributed by atoms with Crippen LogP contribution in [0.4, 0.5) is 10.5 Å². The average molecular weight is 471 g/mol. The zero-order chi connectivity index (χ0) is 24.4. The van der Waals surface area contributed by atoms with Crippen LogP contribution in [0.25, 0.3) is 11.1 Å². The van der Waals surface area contributed by atoms with Crippen LogP contribution in [0.1, 0.15) is 46.7 Å². The number of piperidine rings is 1. The molecule has 35 heavy (non-hydrogen) atoms. The van der Waals surface area contributed by atoms with Gasteiger partial charge in [-0.2, -0.15) is 0 Å². The van der Waals surface area contributed by atoms with Gasteiger partial charge in [0.2, 0.25) is 0 Å². The van der Waals surface area contributed by atoms with Crippen molar-refractivity contribution in [2.45, 2.75) is 31.2 Å². The van der Waals surface area contributed by atoms with E-state index in [-0.39, 0.29) is 18.4 Å². The van der Waals surface area contributed by atoms with E-state index in [0.29, 0.717) is 24.2 Å². The third-order valence-electron chi connectivity index (χ3n) is 6.77. The summed E-state index contributed by atoms with van der Waals surface area (Å²) in [6, 6.07) is 21.9. The van der Waals surface area contributed by atoms with Crippen molar-refractivity contribution in [3.05, 3.63) is 89.5 Å². The second kappa shape index (κ2) is 9.62. The first-order valence-electron chi connectivity index (χ1n) is 11.8. The minimum atomic E-state index is -0.980. The standard InChI is InChI=1S/C28H26N2O5/c31-26(30-16-6-5-11-25(30)27(32)33)18-12-14-19(15-13-18)29-28(34)35-17-24-22-9-3-1-7-20(22)21-8-2-4-10-23(21)24/h1-4,7-10,12-15,24-25H,5-6,11,16-17H2,(H,29,34)(H,32,33)/t25-/m1/s1. The van der Waals surface area contributed by atoms with Crippen LogP contribution in [0.5, 0.6) is 0 Å². The summed E-state index contributed by atoms with van der Waals surface area (Å²) in [6.45, 7) is 0.636. The van der Waals surface area contributed by atoms with Gasteiger partial charge in [-0.3, -0.25) is 10.1 Å². The second-order valence-electron chi connectivity index (χ2n) is 8.88. The molecule has 2 amide bonds. The number of aliphatic carboxylic acids is 1. The fourth-order valence-corrected chi connectivity index (χ4v) is 5.05. The number of anilines is 1. The molecule has 5 rings (SSSR count). The highest BCUT2D eigenvalue weighted by atomic mass is 16.5. The number of carboxylic acid groups (broad SMARTS) is 1. The zero-order valence-electron chi connectivity index (χ0n) is 19.1. The van der Waals surface area contributed by atoms with E-state index < -0.39 is 18.1 Å². The molecule has 1 saturated heterocycles. The van der Waals surface area contributed by atoms with Crippen molar-refractivity contribution in [2.75, 3.05) is 18.5 Å².